The van der Waals surface area contributed by atoms with Crippen molar-refractivity contribution in [1.29, 1.82) is 0 Å². The van der Waals surface area contributed by atoms with Crippen LogP contribution in [0.3, 0.4) is 0 Å². The summed E-state index contributed by atoms with van der Waals surface area (Å²) < 4.78 is 36.1. The van der Waals surface area contributed by atoms with Gasteiger partial charge < -0.3 is 38.5 Å². The minimum Gasteiger partial charge on any atom is -0.468 e. The van der Waals surface area contributed by atoms with E-state index in [4.69, 9.17) is 33.2 Å². The molecular weight excluding hydrogens is 526 g/mol. The lowest BCUT2D eigenvalue weighted by molar-refractivity contribution is -0.143. The number of carbonyl (C=O) groups excluding carboxylic acids is 4. The van der Waals surface area contributed by atoms with E-state index in [-0.39, 0.29) is 37.0 Å². The Bertz CT molecular complexity index is 1010. The monoisotopic (exact) mass is 569 g/mol. The normalized spacial score (nSPS) is 13.1. The number of benzene rings is 1. The Morgan fingerprint density at radius 3 is 1.88 bits per heavy atom. The van der Waals surface area contributed by atoms with E-state index in [0.29, 0.717) is 5.56 Å². The molecule has 0 spiro atoms. The van der Waals surface area contributed by atoms with Gasteiger partial charge in [0, 0.05) is 6.54 Å². The van der Waals surface area contributed by atoms with Crippen molar-refractivity contribution in [2.45, 2.75) is 92.1 Å². The number of ether oxygens (including phenoxy) is 7. The zero-order chi connectivity index (χ0) is 30.7. The van der Waals surface area contributed by atoms with Crippen LogP contribution in [0.1, 0.15) is 67.9 Å². The third-order valence-corrected chi connectivity index (χ3v) is 4.58. The summed E-state index contributed by atoms with van der Waals surface area (Å²) in [5.41, 5.74) is -1.11. The average Bonchev–Trinajstić information content (AvgIpc) is 2.79. The lowest BCUT2D eigenvalue weighted by atomic mass is 10.0. The molecule has 0 aliphatic rings. The summed E-state index contributed by atoms with van der Waals surface area (Å²) in [6, 6.07) is 3.58. The molecular formula is C28H43NO11. The molecule has 0 aromatic heterocycles. The van der Waals surface area contributed by atoms with E-state index in [9.17, 15) is 19.2 Å². The van der Waals surface area contributed by atoms with Crippen LogP contribution in [0.4, 0.5) is 14.4 Å². The molecule has 0 fully saturated rings. The van der Waals surface area contributed by atoms with Crippen LogP contribution in [-0.2, 0) is 34.9 Å². The van der Waals surface area contributed by atoms with Crippen LogP contribution in [0.15, 0.2) is 18.2 Å². The number of nitrogens with one attached hydrogen (secondary N) is 1. The highest BCUT2D eigenvalue weighted by atomic mass is 16.8. The second kappa shape index (κ2) is 15.3. The van der Waals surface area contributed by atoms with Crippen LogP contribution in [0.5, 0.6) is 11.5 Å². The van der Waals surface area contributed by atoms with Gasteiger partial charge in [0.15, 0.2) is 11.5 Å². The predicted molar refractivity (Wildman–Crippen MR) is 144 cm³/mol. The Morgan fingerprint density at radius 2 is 1.38 bits per heavy atom. The molecule has 0 heterocycles. The maximum absolute atomic E-state index is 12.5. The standard InChI is InChI=1S/C28H43NO11/c1-17(2)16-35-24(31)36-18(3)15-29-20(23(30)34-10)13-19-11-12-21(37-25(32)39-27(4,5)6)22(14-19)38-26(33)40-28(7,8)9/h11-12,14,17-18,20,29H,13,15-16H2,1-10H3/t18?,20-/m0/s1. The molecule has 0 aliphatic heterocycles. The molecule has 12 heteroatoms. The summed E-state index contributed by atoms with van der Waals surface area (Å²) in [4.78, 5) is 48.9. The van der Waals surface area contributed by atoms with Crippen LogP contribution in [-0.4, -0.2) is 68.0 Å². The van der Waals surface area contributed by atoms with E-state index in [2.05, 4.69) is 5.32 Å². The SMILES string of the molecule is COC(=O)[C@H](Cc1ccc(OC(=O)OC(C)(C)C)c(OC(=O)OC(C)(C)C)c1)NCC(C)OC(=O)OCC(C)C. The Kier molecular flexibility index (Phi) is 13.2. The number of rotatable bonds is 11. The van der Waals surface area contributed by atoms with Crippen molar-refractivity contribution in [2.24, 2.45) is 5.92 Å². The van der Waals surface area contributed by atoms with Gasteiger partial charge in [0.25, 0.3) is 0 Å². The molecule has 0 saturated carbocycles. The Labute approximate surface area is 235 Å². The summed E-state index contributed by atoms with van der Waals surface area (Å²) in [5.74, 6) is -0.618. The van der Waals surface area contributed by atoms with Crippen LogP contribution in [0.2, 0.25) is 0 Å². The van der Waals surface area contributed by atoms with E-state index >= 15 is 0 Å². The maximum Gasteiger partial charge on any atom is 0.514 e. The molecule has 0 saturated heterocycles. The summed E-state index contributed by atoms with van der Waals surface area (Å²) >= 11 is 0. The van der Waals surface area contributed by atoms with Crippen LogP contribution < -0.4 is 14.8 Å². The summed E-state index contributed by atoms with van der Waals surface area (Å²) in [7, 11) is 1.25. The van der Waals surface area contributed by atoms with E-state index in [1.54, 1.807) is 54.5 Å². The molecule has 226 valence electrons. The summed E-state index contributed by atoms with van der Waals surface area (Å²) in [6.07, 6.45) is -3.33. The van der Waals surface area contributed by atoms with Crippen molar-refractivity contribution in [3.05, 3.63) is 23.8 Å². The molecule has 1 unspecified atom stereocenters. The Morgan fingerprint density at radius 1 is 0.825 bits per heavy atom. The smallest absolute Gasteiger partial charge is 0.468 e. The number of hydrogen-bond donors (Lipinski definition) is 1. The maximum atomic E-state index is 12.5. The van der Waals surface area contributed by atoms with E-state index < -0.39 is 47.8 Å². The van der Waals surface area contributed by atoms with Crippen LogP contribution in [0.25, 0.3) is 0 Å². The highest BCUT2D eigenvalue weighted by Gasteiger charge is 2.26. The fourth-order valence-electron chi connectivity index (χ4n) is 2.96. The van der Waals surface area contributed by atoms with Crippen molar-refractivity contribution in [3.8, 4) is 11.5 Å². The topological polar surface area (TPSA) is 145 Å². The average molecular weight is 570 g/mol. The van der Waals surface area contributed by atoms with E-state index in [1.807, 2.05) is 13.8 Å². The van der Waals surface area contributed by atoms with Gasteiger partial charge in [-0.25, -0.2) is 14.4 Å². The van der Waals surface area contributed by atoms with Crippen molar-refractivity contribution in [3.63, 3.8) is 0 Å². The van der Waals surface area contributed by atoms with Gasteiger partial charge >= 0.3 is 24.4 Å². The fraction of sp³-hybridized carbons (Fsp3) is 0.643. The minimum atomic E-state index is -1.02. The van der Waals surface area contributed by atoms with Crippen molar-refractivity contribution in [2.75, 3.05) is 20.3 Å². The van der Waals surface area contributed by atoms with Gasteiger partial charge in [-0.15, -0.1) is 0 Å². The minimum absolute atomic E-state index is 0.0895. The zero-order valence-corrected chi connectivity index (χ0v) is 25.1. The van der Waals surface area contributed by atoms with Crippen LogP contribution >= 0.6 is 0 Å². The van der Waals surface area contributed by atoms with Gasteiger partial charge in [0.1, 0.15) is 23.3 Å². The highest BCUT2D eigenvalue weighted by Crippen LogP contribution is 2.31. The second-order valence-electron chi connectivity index (χ2n) is 11.5. The van der Waals surface area contributed by atoms with Gasteiger partial charge in [-0.1, -0.05) is 19.9 Å². The first kappa shape index (κ1) is 34.5. The van der Waals surface area contributed by atoms with Gasteiger partial charge in [-0.3, -0.25) is 4.79 Å². The van der Waals surface area contributed by atoms with E-state index in [0.717, 1.165) is 0 Å². The molecule has 1 aromatic carbocycles. The third-order valence-electron chi connectivity index (χ3n) is 4.58. The molecule has 0 bridgehead atoms. The summed E-state index contributed by atoms with van der Waals surface area (Å²) in [6.45, 7) is 15.8. The summed E-state index contributed by atoms with van der Waals surface area (Å²) in [5, 5.41) is 3.01. The number of carbonyl (C=O) groups is 4. The molecule has 0 aliphatic carbocycles. The van der Waals surface area contributed by atoms with Gasteiger partial charge in [0.05, 0.1) is 13.7 Å². The highest BCUT2D eigenvalue weighted by molar-refractivity contribution is 5.76. The van der Waals surface area contributed by atoms with Crippen molar-refractivity contribution in [1.82, 2.24) is 5.32 Å². The molecule has 12 nitrogen and oxygen atoms in total. The van der Waals surface area contributed by atoms with E-state index in [1.165, 1.54) is 19.2 Å². The first-order valence-electron chi connectivity index (χ1n) is 13.0. The largest absolute Gasteiger partial charge is 0.514 e. The van der Waals surface area contributed by atoms with Gasteiger partial charge in [-0.2, -0.15) is 0 Å². The van der Waals surface area contributed by atoms with Crippen molar-refractivity contribution >= 4 is 24.4 Å². The second-order valence-corrected chi connectivity index (χ2v) is 11.5. The van der Waals surface area contributed by atoms with Crippen molar-refractivity contribution < 1.29 is 52.3 Å². The number of hydrogen-bond acceptors (Lipinski definition) is 12. The Hall–Kier alpha value is -3.54. The lowest BCUT2D eigenvalue weighted by Gasteiger charge is -2.22. The van der Waals surface area contributed by atoms with Crippen LogP contribution in [0, 0.1) is 5.92 Å². The fourth-order valence-corrected chi connectivity index (χ4v) is 2.96. The Balaban J connectivity index is 3.08. The molecule has 1 aromatic rings. The van der Waals surface area contributed by atoms with Gasteiger partial charge in [-0.05, 0) is 78.5 Å². The predicted octanol–water partition coefficient (Wildman–Crippen LogP) is 5.19. The zero-order valence-electron chi connectivity index (χ0n) is 25.1. The first-order chi connectivity index (χ1) is 18.4. The third kappa shape index (κ3) is 14.6. The lowest BCUT2D eigenvalue weighted by Crippen LogP contribution is -2.43. The number of methoxy groups -OCH3 is 1. The first-order valence-corrected chi connectivity index (χ1v) is 13.0. The molecule has 1 rings (SSSR count). The quantitative estimate of drug-likeness (QED) is 0.213. The molecule has 2 atom stereocenters. The molecule has 1 N–H and O–H groups in total. The van der Waals surface area contributed by atoms with Gasteiger partial charge in [0.2, 0.25) is 0 Å². The molecule has 0 amide bonds. The molecule has 0 radical (unpaired) electrons. The molecule has 40 heavy (non-hydrogen) atoms. The number of esters is 1.